The molecule has 28 heavy (non-hydrogen) atoms. The molecule has 0 fully saturated rings. The Morgan fingerprint density at radius 1 is 0.893 bits per heavy atom. The largest absolute Gasteiger partial charge is 0.506 e. The number of hydrogen-bond donors (Lipinski definition) is 1. The fourth-order valence-electron chi connectivity index (χ4n) is 3.50. The summed E-state index contributed by atoms with van der Waals surface area (Å²) in [5.41, 5.74) is 3.01. The lowest BCUT2D eigenvalue weighted by atomic mass is 9.97. The molecule has 0 aliphatic rings. The number of aromatic nitrogens is 2. The molecule has 3 aromatic carbocycles. The van der Waals surface area contributed by atoms with Crippen molar-refractivity contribution in [2.45, 2.75) is 33.1 Å². The molecule has 1 aromatic heterocycles. The molecule has 4 aromatic rings. The van der Waals surface area contributed by atoms with Gasteiger partial charge in [0.15, 0.2) is 0 Å². The number of phenols is 1. The first-order valence-electron chi connectivity index (χ1n) is 9.66. The summed E-state index contributed by atoms with van der Waals surface area (Å²) in [5.74, 6) is 1.66. The lowest BCUT2D eigenvalue weighted by Crippen LogP contribution is -1.98. The van der Waals surface area contributed by atoms with Gasteiger partial charge in [0.25, 0.3) is 5.89 Å². The van der Waals surface area contributed by atoms with Gasteiger partial charge in [-0.25, -0.2) is 0 Å². The lowest BCUT2D eigenvalue weighted by Gasteiger charge is -2.10. The Hall–Kier alpha value is -3.14. The number of phenolic OH excluding ortho intramolecular Hbond substituents is 1. The number of fused-ring (bicyclic) bond motifs is 1. The average molecular weight is 372 g/mol. The maximum Gasteiger partial charge on any atom is 0.251 e. The number of nitrogens with zero attached hydrogens (tertiary/aromatic N) is 2. The van der Waals surface area contributed by atoms with E-state index in [0.29, 0.717) is 23.3 Å². The first kappa shape index (κ1) is 18.2. The van der Waals surface area contributed by atoms with Crippen LogP contribution in [0, 0.1) is 5.92 Å². The Bertz CT molecular complexity index is 1100. The summed E-state index contributed by atoms with van der Waals surface area (Å²) < 4.78 is 5.93. The van der Waals surface area contributed by atoms with Gasteiger partial charge in [0, 0.05) is 5.39 Å². The quantitative estimate of drug-likeness (QED) is 0.470. The summed E-state index contributed by atoms with van der Waals surface area (Å²) in [6, 6.07) is 20.0. The highest BCUT2D eigenvalue weighted by Crippen LogP contribution is 2.36. The van der Waals surface area contributed by atoms with E-state index in [9.17, 15) is 5.11 Å². The predicted molar refractivity (Wildman–Crippen MR) is 111 cm³/mol. The van der Waals surface area contributed by atoms with Crippen molar-refractivity contribution in [3.8, 4) is 17.2 Å². The number of aromatic hydroxyl groups is 1. The first-order chi connectivity index (χ1) is 13.5. The molecule has 1 atom stereocenters. The monoisotopic (exact) mass is 372 g/mol. The van der Waals surface area contributed by atoms with Crippen LogP contribution in [0.25, 0.3) is 22.2 Å². The minimum atomic E-state index is -0.0167. The van der Waals surface area contributed by atoms with E-state index in [1.165, 1.54) is 5.56 Å². The molecule has 1 heterocycles. The molecule has 4 rings (SSSR count). The first-order valence-corrected chi connectivity index (χ1v) is 9.66. The van der Waals surface area contributed by atoms with Crippen LogP contribution < -0.4 is 0 Å². The van der Waals surface area contributed by atoms with E-state index in [2.05, 4.69) is 55.2 Å². The van der Waals surface area contributed by atoms with Gasteiger partial charge in [-0.2, -0.15) is 0 Å². The highest BCUT2D eigenvalue weighted by molar-refractivity contribution is 5.93. The normalized spacial score (nSPS) is 12.6. The van der Waals surface area contributed by atoms with E-state index in [-0.39, 0.29) is 11.7 Å². The second kappa shape index (κ2) is 7.47. The molecular formula is C24H24N2O2. The van der Waals surface area contributed by atoms with Crippen LogP contribution in [0.15, 0.2) is 65.1 Å². The Morgan fingerprint density at radius 3 is 2.39 bits per heavy atom. The maximum absolute atomic E-state index is 10.6. The molecule has 0 radical (unpaired) electrons. The zero-order valence-electron chi connectivity index (χ0n) is 16.4. The topological polar surface area (TPSA) is 59.2 Å². The minimum Gasteiger partial charge on any atom is -0.506 e. The summed E-state index contributed by atoms with van der Waals surface area (Å²) in [7, 11) is 0. The van der Waals surface area contributed by atoms with Crippen molar-refractivity contribution in [3.63, 3.8) is 0 Å². The summed E-state index contributed by atoms with van der Waals surface area (Å²) in [6.45, 7) is 6.49. The second-order valence-electron chi connectivity index (χ2n) is 7.69. The Balaban J connectivity index is 1.61. The number of benzene rings is 3. The molecule has 0 bridgehead atoms. The van der Waals surface area contributed by atoms with Gasteiger partial charge in [0.1, 0.15) is 5.75 Å². The van der Waals surface area contributed by atoms with Crippen molar-refractivity contribution in [1.82, 2.24) is 10.2 Å². The lowest BCUT2D eigenvalue weighted by molar-refractivity contribution is 0.469. The Labute approximate surface area is 164 Å². The molecule has 0 aliphatic carbocycles. The van der Waals surface area contributed by atoms with Crippen LogP contribution in [-0.4, -0.2) is 15.3 Å². The minimum absolute atomic E-state index is 0.0167. The summed E-state index contributed by atoms with van der Waals surface area (Å²) in [5, 5.41) is 20.8. The van der Waals surface area contributed by atoms with Crippen molar-refractivity contribution >= 4 is 10.8 Å². The van der Waals surface area contributed by atoms with E-state index < -0.39 is 0 Å². The fourth-order valence-corrected chi connectivity index (χ4v) is 3.50. The van der Waals surface area contributed by atoms with Crippen LogP contribution >= 0.6 is 0 Å². The van der Waals surface area contributed by atoms with Gasteiger partial charge in [0.2, 0.25) is 5.89 Å². The highest BCUT2D eigenvalue weighted by Gasteiger charge is 2.19. The van der Waals surface area contributed by atoms with Crippen molar-refractivity contribution in [1.29, 1.82) is 0 Å². The average Bonchev–Trinajstić information content (AvgIpc) is 3.18. The van der Waals surface area contributed by atoms with Gasteiger partial charge in [-0.3, -0.25) is 0 Å². The Kier molecular flexibility index (Phi) is 4.86. The van der Waals surface area contributed by atoms with Gasteiger partial charge < -0.3 is 9.52 Å². The van der Waals surface area contributed by atoms with E-state index in [1.807, 2.05) is 36.4 Å². The molecular weight excluding hydrogens is 348 g/mol. The summed E-state index contributed by atoms with van der Waals surface area (Å²) >= 11 is 0. The van der Waals surface area contributed by atoms with Gasteiger partial charge >= 0.3 is 0 Å². The van der Waals surface area contributed by atoms with Crippen LogP contribution in [0.3, 0.4) is 0 Å². The van der Waals surface area contributed by atoms with E-state index in [1.54, 1.807) is 0 Å². The molecule has 4 nitrogen and oxygen atoms in total. The maximum atomic E-state index is 10.6. The van der Waals surface area contributed by atoms with Gasteiger partial charge in [-0.1, -0.05) is 68.4 Å². The van der Waals surface area contributed by atoms with Crippen LogP contribution in [0.1, 0.15) is 43.7 Å². The van der Waals surface area contributed by atoms with Crippen molar-refractivity contribution in [2.24, 2.45) is 5.92 Å². The van der Waals surface area contributed by atoms with Crippen LogP contribution in [0.4, 0.5) is 0 Å². The zero-order valence-corrected chi connectivity index (χ0v) is 16.4. The zero-order chi connectivity index (χ0) is 19.7. The summed E-state index contributed by atoms with van der Waals surface area (Å²) in [4.78, 5) is 0. The molecule has 1 N–H and O–H groups in total. The standard InChI is InChI=1S/C24H24N2O2/c1-15(2)14-17-8-10-18(11-9-17)16(3)23-25-26-24(28-23)21-13-12-19-6-4-5-7-20(19)22(21)27/h4-13,15-16,27H,14H2,1-3H3. The molecule has 4 heteroatoms. The third-order valence-electron chi connectivity index (χ3n) is 5.07. The molecule has 0 spiro atoms. The molecule has 0 aliphatic heterocycles. The van der Waals surface area contributed by atoms with E-state index in [4.69, 9.17) is 4.42 Å². The molecule has 0 saturated carbocycles. The van der Waals surface area contributed by atoms with Crippen LogP contribution in [0.5, 0.6) is 5.75 Å². The van der Waals surface area contributed by atoms with Gasteiger partial charge in [0.05, 0.1) is 11.5 Å². The molecule has 1 unspecified atom stereocenters. The fraction of sp³-hybridized carbons (Fsp3) is 0.250. The third-order valence-corrected chi connectivity index (χ3v) is 5.07. The van der Waals surface area contributed by atoms with Crippen LogP contribution in [-0.2, 0) is 6.42 Å². The smallest absolute Gasteiger partial charge is 0.251 e. The highest BCUT2D eigenvalue weighted by atomic mass is 16.4. The molecule has 142 valence electrons. The van der Waals surface area contributed by atoms with Crippen LogP contribution in [0.2, 0.25) is 0 Å². The SMILES string of the molecule is CC(C)Cc1ccc(C(C)c2nnc(-c3ccc4ccccc4c3O)o2)cc1. The van der Waals surface area contributed by atoms with Crippen molar-refractivity contribution in [3.05, 3.63) is 77.7 Å². The molecule has 0 amide bonds. The van der Waals surface area contributed by atoms with E-state index >= 15 is 0 Å². The predicted octanol–water partition coefficient (Wildman–Crippen LogP) is 5.95. The second-order valence-corrected chi connectivity index (χ2v) is 7.69. The number of hydrogen-bond acceptors (Lipinski definition) is 4. The summed E-state index contributed by atoms with van der Waals surface area (Å²) in [6.07, 6.45) is 1.07. The van der Waals surface area contributed by atoms with E-state index in [0.717, 1.165) is 22.8 Å². The van der Waals surface area contributed by atoms with Crippen molar-refractivity contribution in [2.75, 3.05) is 0 Å². The van der Waals surface area contributed by atoms with Gasteiger partial charge in [-0.05, 0) is 41.8 Å². The van der Waals surface area contributed by atoms with Crippen molar-refractivity contribution < 1.29 is 9.52 Å². The third kappa shape index (κ3) is 3.50. The van der Waals surface area contributed by atoms with Gasteiger partial charge in [-0.15, -0.1) is 10.2 Å². The Morgan fingerprint density at radius 2 is 1.64 bits per heavy atom. The number of rotatable bonds is 5. The molecule has 0 saturated heterocycles.